The molecule has 2 aromatic rings. The Balaban J connectivity index is 1.84. The van der Waals surface area contributed by atoms with E-state index in [0.29, 0.717) is 22.7 Å². The molecule has 0 heterocycles. The van der Waals surface area contributed by atoms with Crippen molar-refractivity contribution < 1.29 is 24.5 Å². The molecule has 2 aliphatic rings. The average molecular weight is 551 g/mol. The van der Waals surface area contributed by atoms with Crippen molar-refractivity contribution in [3.63, 3.8) is 0 Å². The van der Waals surface area contributed by atoms with Gasteiger partial charge in [0.15, 0.2) is 5.75 Å². The maximum Gasteiger partial charge on any atom is 0.339 e. The summed E-state index contributed by atoms with van der Waals surface area (Å²) >= 11 is 9.54. The highest BCUT2D eigenvalue weighted by atomic mass is 79.9. The molecule has 4 rings (SSSR count). The van der Waals surface area contributed by atoms with E-state index < -0.39 is 11.9 Å². The minimum absolute atomic E-state index is 0.0112. The fourth-order valence-electron chi connectivity index (χ4n) is 6.11. The van der Waals surface area contributed by atoms with Crippen LogP contribution in [-0.2, 0) is 11.3 Å². The van der Waals surface area contributed by atoms with Crippen LogP contribution in [0.15, 0.2) is 28.7 Å². The van der Waals surface area contributed by atoms with E-state index in [0.717, 1.165) is 23.7 Å². The van der Waals surface area contributed by atoms with Gasteiger partial charge in [0.2, 0.25) is 0 Å². The first-order chi connectivity index (χ1) is 15.9. The number of phenolic OH excluding ortho intramolecular Hbond substituents is 1. The van der Waals surface area contributed by atoms with Crippen LogP contribution in [0.25, 0.3) is 0 Å². The van der Waals surface area contributed by atoms with Crippen molar-refractivity contribution in [2.75, 3.05) is 5.32 Å². The van der Waals surface area contributed by atoms with Crippen molar-refractivity contribution in [2.24, 2.45) is 16.7 Å². The molecule has 0 amide bonds. The van der Waals surface area contributed by atoms with E-state index in [1.807, 2.05) is 0 Å². The third-order valence-corrected chi connectivity index (χ3v) is 9.14. The van der Waals surface area contributed by atoms with Crippen molar-refractivity contribution in [3.05, 3.63) is 50.5 Å². The zero-order valence-electron chi connectivity index (χ0n) is 19.7. The van der Waals surface area contributed by atoms with Gasteiger partial charge in [-0.3, -0.25) is 4.79 Å². The molecule has 3 unspecified atom stereocenters. The smallest absolute Gasteiger partial charge is 0.339 e. The molecule has 0 spiro atoms. The van der Waals surface area contributed by atoms with Crippen LogP contribution in [0.3, 0.4) is 0 Å². The Morgan fingerprint density at radius 2 is 1.97 bits per heavy atom. The standard InChI is InChI=1S/C26H29BrClNO5/c1-13(30)34-23-17(24(32)33)5-6-20(29-12-14-9-16(27)11-19(28)22(14)31)21(23)18-10-15-7-8-26(18,4)25(15,2)3/h5-6,9,11,15,18,29,31H,7-8,10,12H2,1-4H3,(H,32,33). The van der Waals surface area contributed by atoms with Crippen molar-refractivity contribution in [1.29, 1.82) is 0 Å². The number of carbonyl (C=O) groups is 2. The molecule has 0 aliphatic heterocycles. The number of aromatic carboxylic acids is 1. The molecule has 2 aromatic carbocycles. The molecule has 182 valence electrons. The number of benzene rings is 2. The number of carboxylic acid groups (broad SMARTS) is 1. The molecule has 2 fully saturated rings. The lowest BCUT2D eigenvalue weighted by molar-refractivity contribution is -0.132. The molecule has 2 bridgehead atoms. The highest BCUT2D eigenvalue weighted by Gasteiger charge is 2.62. The summed E-state index contributed by atoms with van der Waals surface area (Å²) in [6.07, 6.45) is 3.05. The Labute approximate surface area is 212 Å². The van der Waals surface area contributed by atoms with E-state index >= 15 is 0 Å². The van der Waals surface area contributed by atoms with Crippen LogP contribution in [-0.4, -0.2) is 22.2 Å². The maximum absolute atomic E-state index is 12.1. The minimum atomic E-state index is -1.15. The van der Waals surface area contributed by atoms with Crippen LogP contribution in [0.2, 0.25) is 5.02 Å². The first-order valence-electron chi connectivity index (χ1n) is 11.4. The lowest BCUT2D eigenvalue weighted by Crippen LogP contribution is -2.32. The van der Waals surface area contributed by atoms with E-state index in [9.17, 15) is 19.8 Å². The van der Waals surface area contributed by atoms with Gasteiger partial charge in [0.05, 0.1) is 5.02 Å². The Bertz CT molecular complexity index is 1180. The first kappa shape index (κ1) is 24.9. The molecule has 6 nitrogen and oxygen atoms in total. The van der Waals surface area contributed by atoms with E-state index in [4.69, 9.17) is 16.3 Å². The molecule has 3 atom stereocenters. The normalized spacial score (nSPS) is 24.8. The number of phenols is 1. The van der Waals surface area contributed by atoms with Crippen molar-refractivity contribution in [2.45, 2.75) is 59.4 Å². The fraction of sp³-hybridized carbons (Fsp3) is 0.462. The molecule has 34 heavy (non-hydrogen) atoms. The summed E-state index contributed by atoms with van der Waals surface area (Å²) in [5, 5.41) is 23.9. The third-order valence-electron chi connectivity index (χ3n) is 8.39. The topological polar surface area (TPSA) is 95.9 Å². The van der Waals surface area contributed by atoms with E-state index in [-0.39, 0.29) is 45.4 Å². The Morgan fingerprint density at radius 3 is 2.53 bits per heavy atom. The highest BCUT2D eigenvalue weighted by molar-refractivity contribution is 9.10. The third kappa shape index (κ3) is 3.97. The summed E-state index contributed by atoms with van der Waals surface area (Å²) in [6, 6.07) is 6.57. The average Bonchev–Trinajstić information content (AvgIpc) is 3.08. The van der Waals surface area contributed by atoms with Gasteiger partial charge in [0.25, 0.3) is 0 Å². The summed E-state index contributed by atoms with van der Waals surface area (Å²) in [5.41, 5.74) is 1.94. The van der Waals surface area contributed by atoms with Gasteiger partial charge in [0, 0.05) is 34.8 Å². The van der Waals surface area contributed by atoms with Gasteiger partial charge in [-0.05, 0) is 66.2 Å². The Morgan fingerprint density at radius 1 is 1.26 bits per heavy atom. The Kier molecular flexibility index (Phi) is 6.40. The fourth-order valence-corrected chi connectivity index (χ4v) is 6.98. The number of carbonyl (C=O) groups excluding carboxylic acids is 1. The van der Waals surface area contributed by atoms with Gasteiger partial charge in [-0.2, -0.15) is 0 Å². The lowest BCUT2D eigenvalue weighted by atomic mass is 9.64. The molecule has 3 N–H and O–H groups in total. The maximum atomic E-state index is 12.1. The summed E-state index contributed by atoms with van der Waals surface area (Å²) in [4.78, 5) is 24.1. The SMILES string of the molecule is CC(=O)Oc1c(C(=O)O)ccc(NCc2cc(Br)cc(Cl)c2O)c1C1CC2CCC1(C)C2(C)C. The van der Waals surface area contributed by atoms with Crippen molar-refractivity contribution in [1.82, 2.24) is 0 Å². The van der Waals surface area contributed by atoms with E-state index in [1.54, 1.807) is 18.2 Å². The number of carboxylic acids is 1. The molecule has 0 radical (unpaired) electrons. The lowest BCUT2D eigenvalue weighted by Gasteiger charge is -2.40. The van der Waals surface area contributed by atoms with Crippen LogP contribution < -0.4 is 10.1 Å². The minimum Gasteiger partial charge on any atom is -0.506 e. The van der Waals surface area contributed by atoms with Crippen LogP contribution in [0.1, 0.15) is 74.4 Å². The second kappa shape index (κ2) is 8.76. The van der Waals surface area contributed by atoms with Crippen LogP contribution in [0, 0.1) is 16.7 Å². The number of nitrogens with one attached hydrogen (secondary N) is 1. The monoisotopic (exact) mass is 549 g/mol. The van der Waals surface area contributed by atoms with Crippen LogP contribution >= 0.6 is 27.5 Å². The first-order valence-corrected chi connectivity index (χ1v) is 12.5. The molecule has 0 saturated heterocycles. The van der Waals surface area contributed by atoms with Crippen LogP contribution in [0.4, 0.5) is 5.69 Å². The number of aromatic hydroxyl groups is 1. The zero-order valence-corrected chi connectivity index (χ0v) is 22.0. The molecule has 8 heteroatoms. The van der Waals surface area contributed by atoms with Crippen LogP contribution in [0.5, 0.6) is 11.5 Å². The van der Waals surface area contributed by atoms with Crippen molar-refractivity contribution >= 4 is 45.2 Å². The summed E-state index contributed by atoms with van der Waals surface area (Å²) in [6.45, 7) is 8.36. The van der Waals surface area contributed by atoms with E-state index in [1.165, 1.54) is 13.0 Å². The van der Waals surface area contributed by atoms with Gasteiger partial charge in [-0.25, -0.2) is 4.79 Å². The second-order valence-corrected chi connectivity index (χ2v) is 11.5. The summed E-state index contributed by atoms with van der Waals surface area (Å²) in [5.74, 6) is -1.11. The number of hydrogen-bond donors (Lipinski definition) is 3. The number of hydrogen-bond acceptors (Lipinski definition) is 5. The largest absolute Gasteiger partial charge is 0.506 e. The second-order valence-electron chi connectivity index (χ2n) is 10.2. The van der Waals surface area contributed by atoms with E-state index in [2.05, 4.69) is 42.0 Å². The number of ether oxygens (including phenoxy) is 1. The number of esters is 1. The summed E-state index contributed by atoms with van der Waals surface area (Å²) in [7, 11) is 0. The predicted octanol–water partition coefficient (Wildman–Crippen LogP) is 6.97. The quantitative estimate of drug-likeness (QED) is 0.265. The van der Waals surface area contributed by atoms with Gasteiger partial charge in [-0.15, -0.1) is 0 Å². The number of rotatable bonds is 6. The van der Waals surface area contributed by atoms with Crippen molar-refractivity contribution in [3.8, 4) is 11.5 Å². The molecular weight excluding hydrogens is 522 g/mol. The van der Waals surface area contributed by atoms with Gasteiger partial charge >= 0.3 is 11.9 Å². The highest BCUT2D eigenvalue weighted by Crippen LogP contribution is 2.72. The van der Waals surface area contributed by atoms with Gasteiger partial charge in [-0.1, -0.05) is 48.3 Å². The molecule has 0 aromatic heterocycles. The summed E-state index contributed by atoms with van der Waals surface area (Å²) < 4.78 is 6.32. The molecule has 2 aliphatic carbocycles. The zero-order chi connectivity index (χ0) is 25.0. The predicted molar refractivity (Wildman–Crippen MR) is 135 cm³/mol. The van der Waals surface area contributed by atoms with Gasteiger partial charge < -0.3 is 20.3 Å². The Hall–Kier alpha value is -2.25. The van der Waals surface area contributed by atoms with Gasteiger partial charge in [0.1, 0.15) is 11.3 Å². The number of fused-ring (bicyclic) bond motifs is 2. The molecule has 2 saturated carbocycles. The molecular formula is C26H29BrClNO5. The number of halogens is 2. The number of anilines is 1.